The van der Waals surface area contributed by atoms with Gasteiger partial charge in [-0.1, -0.05) is 0 Å². The van der Waals surface area contributed by atoms with Crippen LogP contribution in [-0.2, 0) is 24.3 Å². The maximum atomic E-state index is 13.3. The first kappa shape index (κ1) is 22.2. The van der Waals surface area contributed by atoms with Gasteiger partial charge in [0, 0.05) is 19.7 Å². The van der Waals surface area contributed by atoms with Crippen LogP contribution < -0.4 is 10.6 Å². The lowest BCUT2D eigenvalue weighted by molar-refractivity contribution is -0.140. The fourth-order valence-corrected chi connectivity index (χ4v) is 4.53. The molecule has 1 saturated heterocycles. The zero-order chi connectivity index (χ0) is 20.7. The summed E-state index contributed by atoms with van der Waals surface area (Å²) in [6.45, 7) is 1.78. The number of carbonyl (C=O) groups is 2. The molecule has 1 fully saturated rings. The van der Waals surface area contributed by atoms with Gasteiger partial charge in [-0.15, -0.1) is 0 Å². The van der Waals surface area contributed by atoms with Gasteiger partial charge < -0.3 is 20.5 Å². The van der Waals surface area contributed by atoms with Crippen LogP contribution in [0.5, 0.6) is 0 Å². The summed E-state index contributed by atoms with van der Waals surface area (Å²) in [4.78, 5) is 23.5. The highest BCUT2D eigenvalue weighted by molar-refractivity contribution is 7.89. The number of nitrogens with one attached hydrogen (secondary N) is 2. The largest absolute Gasteiger partial charge is 0.396 e. The third-order valence-electron chi connectivity index (χ3n) is 4.14. The molecule has 0 spiro atoms. The van der Waals surface area contributed by atoms with E-state index in [-0.39, 0.29) is 36.7 Å². The summed E-state index contributed by atoms with van der Waals surface area (Å²) in [6.07, 6.45) is -0.211. The Morgan fingerprint density at radius 1 is 1.32 bits per heavy atom. The van der Waals surface area contributed by atoms with E-state index in [1.54, 1.807) is 0 Å². The number of halogens is 1. The van der Waals surface area contributed by atoms with Crippen molar-refractivity contribution in [1.82, 2.24) is 14.9 Å². The molecule has 0 saturated carbocycles. The summed E-state index contributed by atoms with van der Waals surface area (Å²) in [5.74, 6) is -2.35. The number of hydrogen-bond acceptors (Lipinski definition) is 6. The van der Waals surface area contributed by atoms with Gasteiger partial charge in [0.2, 0.25) is 10.0 Å². The molecule has 9 nitrogen and oxygen atoms in total. The fraction of sp³-hybridized carbons (Fsp3) is 0.529. The van der Waals surface area contributed by atoms with E-state index in [2.05, 4.69) is 10.6 Å². The highest BCUT2D eigenvalue weighted by Gasteiger charge is 2.35. The van der Waals surface area contributed by atoms with Crippen molar-refractivity contribution in [3.63, 3.8) is 0 Å². The summed E-state index contributed by atoms with van der Waals surface area (Å²) in [5, 5.41) is 13.4. The van der Waals surface area contributed by atoms with Gasteiger partial charge >= 0.3 is 11.8 Å². The lowest BCUT2D eigenvalue weighted by Crippen LogP contribution is -2.53. The highest BCUT2D eigenvalue weighted by atomic mass is 32.2. The Morgan fingerprint density at radius 3 is 2.71 bits per heavy atom. The van der Waals surface area contributed by atoms with E-state index in [9.17, 15) is 22.4 Å². The average molecular weight is 417 g/mol. The third kappa shape index (κ3) is 5.47. The summed E-state index contributed by atoms with van der Waals surface area (Å²) in [6, 6.07) is 3.39. The molecule has 0 aliphatic carbocycles. The van der Waals surface area contributed by atoms with Crippen LogP contribution in [0.25, 0.3) is 0 Å². The summed E-state index contributed by atoms with van der Waals surface area (Å²) < 4.78 is 45.9. The minimum Gasteiger partial charge on any atom is -0.396 e. The monoisotopic (exact) mass is 417 g/mol. The molecule has 1 unspecified atom stereocenters. The Kier molecular flexibility index (Phi) is 7.87. The van der Waals surface area contributed by atoms with Crippen molar-refractivity contribution >= 4 is 21.8 Å². The van der Waals surface area contributed by atoms with Crippen LogP contribution in [0.3, 0.4) is 0 Å². The molecule has 1 heterocycles. The van der Waals surface area contributed by atoms with Gasteiger partial charge in [-0.3, -0.25) is 9.59 Å². The molecule has 0 bridgehead atoms. The average Bonchev–Trinajstić information content (AvgIpc) is 2.66. The molecule has 1 aliphatic heterocycles. The molecule has 2 rings (SSSR count). The number of aryl methyl sites for hydroxylation is 1. The number of aliphatic hydroxyl groups is 1. The number of carbonyl (C=O) groups excluding carboxylic acids is 2. The van der Waals surface area contributed by atoms with E-state index < -0.39 is 33.9 Å². The Balaban J connectivity index is 2.07. The van der Waals surface area contributed by atoms with E-state index in [4.69, 9.17) is 9.84 Å². The molecule has 1 aromatic rings. The van der Waals surface area contributed by atoms with Gasteiger partial charge in [0.1, 0.15) is 12.0 Å². The second-order valence-corrected chi connectivity index (χ2v) is 8.11. The molecular weight excluding hydrogens is 393 g/mol. The van der Waals surface area contributed by atoms with Gasteiger partial charge in [0.15, 0.2) is 0 Å². The number of rotatable bonds is 7. The normalized spacial score (nSPS) is 17.9. The van der Waals surface area contributed by atoms with Crippen LogP contribution >= 0.6 is 0 Å². The first-order valence-electron chi connectivity index (χ1n) is 8.84. The number of amides is 2. The number of ether oxygens (including phenoxy) is 1. The van der Waals surface area contributed by atoms with Gasteiger partial charge in [0.25, 0.3) is 0 Å². The Labute approximate surface area is 162 Å². The van der Waals surface area contributed by atoms with Crippen molar-refractivity contribution in [3.8, 4) is 0 Å². The fourth-order valence-electron chi connectivity index (χ4n) is 2.75. The van der Waals surface area contributed by atoms with E-state index >= 15 is 0 Å². The second kappa shape index (κ2) is 9.92. The molecule has 1 aliphatic rings. The first-order valence-corrected chi connectivity index (χ1v) is 10.3. The van der Waals surface area contributed by atoms with Crippen LogP contribution in [-0.4, -0.2) is 68.7 Å². The maximum Gasteiger partial charge on any atom is 0.309 e. The van der Waals surface area contributed by atoms with Crippen molar-refractivity contribution in [1.29, 1.82) is 0 Å². The Bertz CT molecular complexity index is 817. The van der Waals surface area contributed by atoms with Gasteiger partial charge in [-0.05, 0) is 43.5 Å². The Hall–Kier alpha value is -2.08. The lowest BCUT2D eigenvalue weighted by atomic mass is 10.2. The predicted octanol–water partition coefficient (Wildman–Crippen LogP) is -0.514. The van der Waals surface area contributed by atoms with E-state index in [0.29, 0.717) is 19.4 Å². The zero-order valence-corrected chi connectivity index (χ0v) is 16.3. The summed E-state index contributed by atoms with van der Waals surface area (Å²) in [5.41, 5.74) is 0.261. The topological polar surface area (TPSA) is 125 Å². The first-order chi connectivity index (χ1) is 13.3. The number of aliphatic hydroxyl groups excluding tert-OH is 1. The van der Waals surface area contributed by atoms with Crippen LogP contribution in [0, 0.1) is 12.7 Å². The third-order valence-corrected chi connectivity index (χ3v) is 6.19. The van der Waals surface area contributed by atoms with Crippen LogP contribution in [0.2, 0.25) is 0 Å². The summed E-state index contributed by atoms with van der Waals surface area (Å²) >= 11 is 0. The van der Waals surface area contributed by atoms with E-state index in [1.807, 2.05) is 0 Å². The van der Waals surface area contributed by atoms with Crippen molar-refractivity contribution in [2.75, 3.05) is 32.8 Å². The molecule has 156 valence electrons. The molecule has 1 aromatic carbocycles. The van der Waals surface area contributed by atoms with Gasteiger partial charge in [-0.25, -0.2) is 12.8 Å². The van der Waals surface area contributed by atoms with Crippen LogP contribution in [0.4, 0.5) is 4.39 Å². The second-order valence-electron chi connectivity index (χ2n) is 6.25. The molecule has 0 radical (unpaired) electrons. The quantitative estimate of drug-likeness (QED) is 0.405. The Morgan fingerprint density at radius 2 is 2.04 bits per heavy atom. The predicted molar refractivity (Wildman–Crippen MR) is 97.1 cm³/mol. The van der Waals surface area contributed by atoms with E-state index in [1.165, 1.54) is 13.0 Å². The van der Waals surface area contributed by atoms with Crippen molar-refractivity contribution in [2.45, 2.75) is 30.9 Å². The lowest BCUT2D eigenvalue weighted by Gasteiger charge is -2.34. The molecule has 0 aromatic heterocycles. The van der Waals surface area contributed by atoms with Crippen molar-refractivity contribution < 1.29 is 32.2 Å². The standard InChI is InChI=1S/C17H24FN3O6S/c1-12-10-13(18)4-5-14(12)28(25,26)21-7-3-9-27-15(21)11-20-17(24)16(23)19-6-2-8-22/h4-5,10,15,22H,2-3,6-9,11H2,1H3,(H,19,23)(H,20,24). The van der Waals surface area contributed by atoms with Crippen LogP contribution in [0.15, 0.2) is 23.1 Å². The molecule has 1 atom stereocenters. The number of sulfonamides is 1. The van der Waals surface area contributed by atoms with Gasteiger partial charge in [0.05, 0.1) is 18.0 Å². The number of benzene rings is 1. The number of nitrogens with zero attached hydrogens (tertiary/aromatic N) is 1. The maximum absolute atomic E-state index is 13.3. The molecule has 28 heavy (non-hydrogen) atoms. The van der Waals surface area contributed by atoms with E-state index in [0.717, 1.165) is 16.4 Å². The molecule has 3 N–H and O–H groups in total. The van der Waals surface area contributed by atoms with Gasteiger partial charge in [-0.2, -0.15) is 4.31 Å². The number of hydrogen-bond donors (Lipinski definition) is 3. The SMILES string of the molecule is Cc1cc(F)ccc1S(=O)(=O)N1CCCOC1CNC(=O)C(=O)NCCCO. The highest BCUT2D eigenvalue weighted by Crippen LogP contribution is 2.25. The minimum atomic E-state index is -3.98. The molecule has 2 amide bonds. The molecule has 11 heteroatoms. The summed E-state index contributed by atoms with van der Waals surface area (Å²) in [7, 11) is -3.98. The minimum absolute atomic E-state index is 0.0440. The van der Waals surface area contributed by atoms with Crippen molar-refractivity contribution in [2.24, 2.45) is 0 Å². The smallest absolute Gasteiger partial charge is 0.309 e. The molecular formula is C17H24FN3O6S. The van der Waals surface area contributed by atoms with Crippen molar-refractivity contribution in [3.05, 3.63) is 29.6 Å². The van der Waals surface area contributed by atoms with Crippen LogP contribution in [0.1, 0.15) is 18.4 Å². The zero-order valence-electron chi connectivity index (χ0n) is 15.5.